The molecule has 0 aliphatic heterocycles. The first-order valence-electron chi connectivity index (χ1n) is 5.25. The maximum atomic E-state index is 10.9. The van der Waals surface area contributed by atoms with E-state index in [9.17, 15) is 9.90 Å². The van der Waals surface area contributed by atoms with E-state index < -0.39 is 5.60 Å². The van der Waals surface area contributed by atoms with E-state index in [1.54, 1.807) is 0 Å². The minimum absolute atomic E-state index is 0.00830. The third-order valence-electron chi connectivity index (χ3n) is 2.87. The Morgan fingerprint density at radius 2 is 2.43 bits per heavy atom. The van der Waals surface area contributed by atoms with Crippen LogP contribution in [0, 0.1) is 5.92 Å². The van der Waals surface area contributed by atoms with Gasteiger partial charge in [0.1, 0.15) is 0 Å². The van der Waals surface area contributed by atoms with Gasteiger partial charge in [0.15, 0.2) is 0 Å². The van der Waals surface area contributed by atoms with Crippen molar-refractivity contribution in [1.82, 2.24) is 5.32 Å². The minimum Gasteiger partial charge on any atom is -0.388 e. The van der Waals surface area contributed by atoms with Crippen LogP contribution < -0.4 is 11.1 Å². The summed E-state index contributed by atoms with van der Waals surface area (Å²) in [7, 11) is 0. The molecule has 1 aliphatic rings. The van der Waals surface area contributed by atoms with Crippen LogP contribution in [0.15, 0.2) is 0 Å². The Morgan fingerprint density at radius 1 is 1.71 bits per heavy atom. The molecule has 0 heterocycles. The zero-order valence-corrected chi connectivity index (χ0v) is 8.75. The van der Waals surface area contributed by atoms with Gasteiger partial charge in [-0.2, -0.15) is 0 Å². The molecule has 82 valence electrons. The van der Waals surface area contributed by atoms with Crippen LogP contribution >= 0.6 is 0 Å². The summed E-state index contributed by atoms with van der Waals surface area (Å²) in [5, 5.41) is 12.8. The van der Waals surface area contributed by atoms with Gasteiger partial charge >= 0.3 is 0 Å². The van der Waals surface area contributed by atoms with Crippen molar-refractivity contribution in [3.05, 3.63) is 0 Å². The van der Waals surface area contributed by atoms with E-state index in [0.717, 1.165) is 19.3 Å². The van der Waals surface area contributed by atoms with E-state index in [0.29, 0.717) is 12.5 Å². The Balaban J connectivity index is 2.37. The molecule has 1 saturated carbocycles. The molecule has 0 aromatic carbocycles. The van der Waals surface area contributed by atoms with Gasteiger partial charge in [-0.25, -0.2) is 0 Å². The highest BCUT2D eigenvalue weighted by atomic mass is 16.3. The topological polar surface area (TPSA) is 75.3 Å². The second kappa shape index (κ2) is 4.75. The summed E-state index contributed by atoms with van der Waals surface area (Å²) in [5.74, 6) is 0.347. The highest BCUT2D eigenvalue weighted by Crippen LogP contribution is 2.31. The minimum atomic E-state index is -0.706. The molecule has 4 heteroatoms. The number of carbonyl (C=O) groups is 1. The van der Waals surface area contributed by atoms with Crippen molar-refractivity contribution in [1.29, 1.82) is 0 Å². The molecule has 2 atom stereocenters. The van der Waals surface area contributed by atoms with Crippen LogP contribution in [0.2, 0.25) is 0 Å². The number of aliphatic hydroxyl groups is 1. The van der Waals surface area contributed by atoms with Crippen LogP contribution in [0.5, 0.6) is 0 Å². The SMILES string of the molecule is CC1CCCC(O)(CNC(=O)CN)C1. The fraction of sp³-hybridized carbons (Fsp3) is 0.900. The second-order valence-electron chi connectivity index (χ2n) is 4.41. The number of hydrogen-bond donors (Lipinski definition) is 3. The third-order valence-corrected chi connectivity index (χ3v) is 2.87. The number of amides is 1. The molecule has 0 bridgehead atoms. The number of nitrogens with one attached hydrogen (secondary N) is 1. The first-order chi connectivity index (χ1) is 6.56. The van der Waals surface area contributed by atoms with Gasteiger partial charge in [-0.1, -0.05) is 19.8 Å². The molecule has 14 heavy (non-hydrogen) atoms. The molecule has 0 saturated heterocycles. The molecule has 0 spiro atoms. The van der Waals surface area contributed by atoms with Crippen molar-refractivity contribution in [3.8, 4) is 0 Å². The average molecular weight is 200 g/mol. The molecule has 1 amide bonds. The molecule has 0 aromatic heterocycles. The smallest absolute Gasteiger partial charge is 0.233 e. The molecule has 0 radical (unpaired) electrons. The molecule has 1 aliphatic carbocycles. The van der Waals surface area contributed by atoms with Gasteiger partial charge in [-0.05, 0) is 18.8 Å². The number of rotatable bonds is 3. The van der Waals surface area contributed by atoms with Crippen LogP contribution in [0.1, 0.15) is 32.6 Å². The van der Waals surface area contributed by atoms with Gasteiger partial charge in [0.05, 0.1) is 12.1 Å². The first kappa shape index (κ1) is 11.5. The maximum Gasteiger partial charge on any atom is 0.233 e. The van der Waals surface area contributed by atoms with Crippen molar-refractivity contribution in [2.75, 3.05) is 13.1 Å². The van der Waals surface area contributed by atoms with Gasteiger partial charge in [0, 0.05) is 6.54 Å². The highest BCUT2D eigenvalue weighted by Gasteiger charge is 2.32. The Bertz CT molecular complexity index is 208. The Kier molecular flexibility index (Phi) is 3.89. The van der Waals surface area contributed by atoms with E-state index in [-0.39, 0.29) is 12.5 Å². The predicted octanol–water partition coefficient (Wildman–Crippen LogP) is 0.00250. The van der Waals surface area contributed by atoms with E-state index in [2.05, 4.69) is 12.2 Å². The van der Waals surface area contributed by atoms with Crippen LogP contribution in [-0.2, 0) is 4.79 Å². The lowest BCUT2D eigenvalue weighted by Gasteiger charge is -2.35. The lowest BCUT2D eigenvalue weighted by atomic mass is 9.79. The summed E-state index contributed by atoms with van der Waals surface area (Å²) in [4.78, 5) is 10.9. The Labute approximate surface area is 84.9 Å². The van der Waals surface area contributed by atoms with Crippen LogP contribution in [-0.4, -0.2) is 29.7 Å². The van der Waals surface area contributed by atoms with E-state index >= 15 is 0 Å². The van der Waals surface area contributed by atoms with Crippen molar-refractivity contribution in [2.45, 2.75) is 38.2 Å². The van der Waals surface area contributed by atoms with Crippen molar-refractivity contribution in [2.24, 2.45) is 11.7 Å². The molecule has 2 unspecified atom stereocenters. The van der Waals surface area contributed by atoms with Gasteiger partial charge in [0.25, 0.3) is 0 Å². The zero-order valence-electron chi connectivity index (χ0n) is 8.75. The lowest BCUT2D eigenvalue weighted by Crippen LogP contribution is -2.47. The monoisotopic (exact) mass is 200 g/mol. The normalized spacial score (nSPS) is 32.6. The van der Waals surface area contributed by atoms with E-state index in [1.807, 2.05) is 0 Å². The van der Waals surface area contributed by atoms with Crippen LogP contribution in [0.3, 0.4) is 0 Å². The number of carbonyl (C=O) groups excluding carboxylic acids is 1. The van der Waals surface area contributed by atoms with Crippen LogP contribution in [0.4, 0.5) is 0 Å². The highest BCUT2D eigenvalue weighted by molar-refractivity contribution is 5.77. The standard InChI is InChI=1S/C10H20N2O2/c1-8-3-2-4-10(14,5-8)7-12-9(13)6-11/h8,14H,2-7,11H2,1H3,(H,12,13). The molecular formula is C10H20N2O2. The number of nitrogens with two attached hydrogens (primary N) is 1. The van der Waals surface area contributed by atoms with Gasteiger partial charge in [0.2, 0.25) is 5.91 Å². The summed E-state index contributed by atoms with van der Waals surface area (Å²) >= 11 is 0. The summed E-state index contributed by atoms with van der Waals surface area (Å²) < 4.78 is 0. The summed E-state index contributed by atoms with van der Waals surface area (Å²) in [6, 6.07) is 0. The summed E-state index contributed by atoms with van der Waals surface area (Å²) in [6.45, 7) is 2.47. The van der Waals surface area contributed by atoms with Crippen molar-refractivity contribution < 1.29 is 9.90 Å². The molecule has 4 nitrogen and oxygen atoms in total. The quantitative estimate of drug-likeness (QED) is 0.600. The van der Waals surface area contributed by atoms with Gasteiger partial charge in [-0.15, -0.1) is 0 Å². The summed E-state index contributed by atoms with van der Waals surface area (Å²) in [5.41, 5.74) is 4.46. The van der Waals surface area contributed by atoms with Crippen molar-refractivity contribution >= 4 is 5.91 Å². The molecule has 1 fully saturated rings. The first-order valence-corrected chi connectivity index (χ1v) is 5.25. The molecular weight excluding hydrogens is 180 g/mol. The largest absolute Gasteiger partial charge is 0.388 e. The number of hydrogen-bond acceptors (Lipinski definition) is 3. The van der Waals surface area contributed by atoms with Gasteiger partial charge in [-0.3, -0.25) is 4.79 Å². The Hall–Kier alpha value is -0.610. The predicted molar refractivity (Wildman–Crippen MR) is 54.6 cm³/mol. The molecule has 0 aromatic rings. The lowest BCUT2D eigenvalue weighted by molar-refractivity contribution is -0.121. The van der Waals surface area contributed by atoms with E-state index in [4.69, 9.17) is 5.73 Å². The second-order valence-corrected chi connectivity index (χ2v) is 4.41. The third kappa shape index (κ3) is 3.27. The average Bonchev–Trinajstić information content (AvgIpc) is 2.14. The zero-order chi connectivity index (χ0) is 10.6. The molecule has 4 N–H and O–H groups in total. The summed E-state index contributed by atoms with van der Waals surface area (Å²) in [6.07, 6.45) is 3.77. The fourth-order valence-electron chi connectivity index (χ4n) is 2.13. The van der Waals surface area contributed by atoms with Gasteiger partial charge < -0.3 is 16.2 Å². The van der Waals surface area contributed by atoms with Crippen LogP contribution in [0.25, 0.3) is 0 Å². The maximum absolute atomic E-state index is 10.9. The van der Waals surface area contributed by atoms with E-state index in [1.165, 1.54) is 6.42 Å². The molecule has 1 rings (SSSR count). The van der Waals surface area contributed by atoms with Crippen molar-refractivity contribution in [3.63, 3.8) is 0 Å². The fourth-order valence-corrected chi connectivity index (χ4v) is 2.13. The Morgan fingerprint density at radius 3 is 3.00 bits per heavy atom.